The summed E-state index contributed by atoms with van der Waals surface area (Å²) in [4.78, 5) is 0. The van der Waals surface area contributed by atoms with Gasteiger partial charge in [0.25, 0.3) is 5.89 Å². The van der Waals surface area contributed by atoms with Gasteiger partial charge in [-0.3, -0.25) is 0 Å². The van der Waals surface area contributed by atoms with Gasteiger partial charge in [0, 0.05) is 6.07 Å². The van der Waals surface area contributed by atoms with Gasteiger partial charge in [-0.2, -0.15) is 0 Å². The lowest BCUT2D eigenvalue weighted by molar-refractivity contribution is 0.302. The third-order valence-electron chi connectivity index (χ3n) is 4.33. The van der Waals surface area contributed by atoms with Gasteiger partial charge in [0.15, 0.2) is 0 Å². The molecule has 0 bridgehead atoms. The molecule has 5 nitrogen and oxygen atoms in total. The SMILES string of the molecule is CCCCCCCCCCCCOc1ccc(-c2nnco2)c(O)c1. The fourth-order valence-corrected chi connectivity index (χ4v) is 2.85. The van der Waals surface area contributed by atoms with Crippen LogP contribution in [0.5, 0.6) is 11.5 Å². The number of hydrogen-bond acceptors (Lipinski definition) is 5. The van der Waals surface area contributed by atoms with Crippen LogP contribution in [0.4, 0.5) is 0 Å². The third kappa shape index (κ3) is 7.16. The number of rotatable bonds is 13. The van der Waals surface area contributed by atoms with Crippen LogP contribution in [0.2, 0.25) is 0 Å². The molecule has 0 unspecified atom stereocenters. The Bertz CT molecular complexity index is 585. The molecule has 2 aromatic rings. The Hall–Kier alpha value is -2.04. The molecule has 2 rings (SSSR count). The molecule has 25 heavy (non-hydrogen) atoms. The zero-order valence-corrected chi connectivity index (χ0v) is 15.2. The zero-order chi connectivity index (χ0) is 17.7. The molecular formula is C20H30N2O3. The maximum atomic E-state index is 10.0. The summed E-state index contributed by atoms with van der Waals surface area (Å²) in [6.45, 7) is 2.93. The molecule has 1 aromatic carbocycles. The minimum atomic E-state index is 0.0878. The van der Waals surface area contributed by atoms with Crippen LogP contribution in [-0.4, -0.2) is 21.9 Å². The second kappa shape index (κ2) is 11.5. The molecule has 1 heterocycles. The first-order valence-corrected chi connectivity index (χ1v) is 9.53. The summed E-state index contributed by atoms with van der Waals surface area (Å²) >= 11 is 0. The minimum absolute atomic E-state index is 0.0878. The number of phenols is 1. The van der Waals surface area contributed by atoms with Crippen LogP contribution in [0.25, 0.3) is 11.5 Å². The quantitative estimate of drug-likeness (QED) is 0.468. The van der Waals surface area contributed by atoms with E-state index in [1.807, 2.05) is 6.07 Å². The van der Waals surface area contributed by atoms with Crippen LogP contribution < -0.4 is 4.74 Å². The Morgan fingerprint density at radius 1 is 0.960 bits per heavy atom. The largest absolute Gasteiger partial charge is 0.507 e. The van der Waals surface area contributed by atoms with E-state index in [1.54, 1.807) is 12.1 Å². The number of hydrogen-bond donors (Lipinski definition) is 1. The summed E-state index contributed by atoms with van der Waals surface area (Å²) in [5.41, 5.74) is 0.517. The number of aromatic nitrogens is 2. The molecule has 0 radical (unpaired) electrons. The highest BCUT2D eigenvalue weighted by molar-refractivity contribution is 5.63. The predicted octanol–water partition coefficient (Wildman–Crippen LogP) is 5.74. The van der Waals surface area contributed by atoms with E-state index < -0.39 is 0 Å². The van der Waals surface area contributed by atoms with Gasteiger partial charge in [-0.25, -0.2) is 0 Å². The highest BCUT2D eigenvalue weighted by Crippen LogP contribution is 2.31. The van der Waals surface area contributed by atoms with E-state index in [0.29, 0.717) is 23.8 Å². The molecule has 1 aromatic heterocycles. The van der Waals surface area contributed by atoms with Gasteiger partial charge in [0.1, 0.15) is 11.5 Å². The zero-order valence-electron chi connectivity index (χ0n) is 15.2. The first kappa shape index (κ1) is 19.3. The molecule has 5 heteroatoms. The number of ether oxygens (including phenoxy) is 1. The maximum Gasteiger partial charge on any atom is 0.251 e. The van der Waals surface area contributed by atoms with Gasteiger partial charge in [0.05, 0.1) is 12.2 Å². The molecule has 0 aliphatic heterocycles. The van der Waals surface area contributed by atoms with E-state index >= 15 is 0 Å². The van der Waals surface area contributed by atoms with E-state index in [9.17, 15) is 5.11 Å². The fraction of sp³-hybridized carbons (Fsp3) is 0.600. The summed E-state index contributed by atoms with van der Waals surface area (Å²) in [5.74, 6) is 1.06. The Morgan fingerprint density at radius 3 is 2.24 bits per heavy atom. The van der Waals surface area contributed by atoms with Crippen molar-refractivity contribution < 1.29 is 14.3 Å². The molecule has 138 valence electrons. The van der Waals surface area contributed by atoms with Crippen molar-refractivity contribution in [3.05, 3.63) is 24.6 Å². The predicted molar refractivity (Wildman–Crippen MR) is 98.7 cm³/mol. The lowest BCUT2D eigenvalue weighted by atomic mass is 10.1. The van der Waals surface area contributed by atoms with Crippen molar-refractivity contribution in [2.45, 2.75) is 71.1 Å². The van der Waals surface area contributed by atoms with Crippen LogP contribution in [0.1, 0.15) is 71.1 Å². The Balaban J connectivity index is 1.54. The average Bonchev–Trinajstić information content (AvgIpc) is 3.14. The van der Waals surface area contributed by atoms with E-state index in [-0.39, 0.29) is 5.75 Å². The van der Waals surface area contributed by atoms with Crippen molar-refractivity contribution in [3.63, 3.8) is 0 Å². The Labute approximate surface area is 150 Å². The fourth-order valence-electron chi connectivity index (χ4n) is 2.85. The monoisotopic (exact) mass is 346 g/mol. The van der Waals surface area contributed by atoms with Crippen molar-refractivity contribution in [3.8, 4) is 23.0 Å². The molecule has 0 saturated heterocycles. The molecule has 0 aliphatic carbocycles. The number of unbranched alkanes of at least 4 members (excludes halogenated alkanes) is 9. The minimum Gasteiger partial charge on any atom is -0.507 e. The number of aromatic hydroxyl groups is 1. The maximum absolute atomic E-state index is 10.0. The van der Waals surface area contributed by atoms with Gasteiger partial charge in [-0.15, -0.1) is 10.2 Å². The van der Waals surface area contributed by atoms with E-state index in [2.05, 4.69) is 17.1 Å². The molecule has 0 spiro atoms. The highest BCUT2D eigenvalue weighted by atomic mass is 16.5. The summed E-state index contributed by atoms with van der Waals surface area (Å²) in [5, 5.41) is 17.4. The lowest BCUT2D eigenvalue weighted by Crippen LogP contribution is -1.97. The number of benzene rings is 1. The van der Waals surface area contributed by atoms with E-state index in [0.717, 1.165) is 6.42 Å². The summed E-state index contributed by atoms with van der Waals surface area (Å²) in [7, 11) is 0. The standard InChI is InChI=1S/C20H30N2O3/c1-2-3-4-5-6-7-8-9-10-11-14-24-17-12-13-18(19(23)15-17)20-22-21-16-25-20/h12-13,15-16,23H,2-11,14H2,1H3. The average molecular weight is 346 g/mol. The second-order valence-electron chi connectivity index (χ2n) is 6.45. The molecule has 0 fully saturated rings. The highest BCUT2D eigenvalue weighted by Gasteiger charge is 2.10. The molecule has 0 amide bonds. The first-order chi connectivity index (χ1) is 12.3. The van der Waals surface area contributed by atoms with Crippen molar-refractivity contribution in [2.75, 3.05) is 6.61 Å². The van der Waals surface area contributed by atoms with Crippen molar-refractivity contribution >= 4 is 0 Å². The van der Waals surface area contributed by atoms with E-state index in [4.69, 9.17) is 9.15 Å². The Morgan fingerprint density at radius 2 is 1.64 bits per heavy atom. The normalized spacial score (nSPS) is 10.9. The van der Waals surface area contributed by atoms with Gasteiger partial charge >= 0.3 is 0 Å². The van der Waals surface area contributed by atoms with Crippen molar-refractivity contribution in [2.24, 2.45) is 0 Å². The number of phenolic OH excluding ortho intramolecular Hbond substituents is 1. The van der Waals surface area contributed by atoms with Crippen LogP contribution in [0, 0.1) is 0 Å². The van der Waals surface area contributed by atoms with Gasteiger partial charge in [-0.05, 0) is 18.6 Å². The molecule has 1 N–H and O–H groups in total. The summed E-state index contributed by atoms with van der Waals surface area (Å²) in [6.07, 6.45) is 14.3. The second-order valence-corrected chi connectivity index (χ2v) is 6.45. The van der Waals surface area contributed by atoms with Crippen molar-refractivity contribution in [1.29, 1.82) is 0 Å². The topological polar surface area (TPSA) is 68.4 Å². The third-order valence-corrected chi connectivity index (χ3v) is 4.33. The first-order valence-electron chi connectivity index (χ1n) is 9.53. The van der Waals surface area contributed by atoms with Crippen LogP contribution in [-0.2, 0) is 0 Å². The van der Waals surface area contributed by atoms with Crippen LogP contribution in [0.15, 0.2) is 29.0 Å². The molecule has 0 atom stereocenters. The molecule has 0 aliphatic rings. The van der Waals surface area contributed by atoms with Crippen molar-refractivity contribution in [1.82, 2.24) is 10.2 Å². The lowest BCUT2D eigenvalue weighted by Gasteiger charge is -2.08. The van der Waals surface area contributed by atoms with Crippen LogP contribution in [0.3, 0.4) is 0 Å². The smallest absolute Gasteiger partial charge is 0.251 e. The summed E-state index contributed by atoms with van der Waals surface area (Å²) in [6, 6.07) is 5.14. The van der Waals surface area contributed by atoms with Gasteiger partial charge < -0.3 is 14.3 Å². The summed E-state index contributed by atoms with van der Waals surface area (Å²) < 4.78 is 10.8. The number of nitrogens with zero attached hydrogens (tertiary/aromatic N) is 2. The van der Waals surface area contributed by atoms with Gasteiger partial charge in [0.2, 0.25) is 6.39 Å². The van der Waals surface area contributed by atoms with E-state index in [1.165, 1.54) is 64.2 Å². The van der Waals surface area contributed by atoms with Crippen LogP contribution >= 0.6 is 0 Å². The molecule has 0 saturated carbocycles. The Kier molecular flexibility index (Phi) is 8.87. The van der Waals surface area contributed by atoms with Gasteiger partial charge in [-0.1, -0.05) is 64.7 Å². The molecular weight excluding hydrogens is 316 g/mol.